The average Bonchev–Trinajstić information content (AvgIpc) is 2.71. The molecule has 1 unspecified atom stereocenters. The summed E-state index contributed by atoms with van der Waals surface area (Å²) in [6.45, 7) is 5.58. The van der Waals surface area contributed by atoms with E-state index < -0.39 is 0 Å². The molecule has 0 aliphatic heterocycles. The maximum atomic E-state index is 3.79. The van der Waals surface area contributed by atoms with E-state index >= 15 is 0 Å². The van der Waals surface area contributed by atoms with Crippen molar-refractivity contribution >= 4 is 27.3 Å². The van der Waals surface area contributed by atoms with Gasteiger partial charge in [-0.2, -0.15) is 0 Å². The normalized spacial score (nSPS) is 19.1. The Balaban J connectivity index is 2.12. The monoisotopic (exact) mass is 329 g/mol. The Morgan fingerprint density at radius 3 is 2.67 bits per heavy atom. The molecule has 1 atom stereocenters. The van der Waals surface area contributed by atoms with Crippen molar-refractivity contribution in [2.24, 2.45) is 5.92 Å². The van der Waals surface area contributed by atoms with Crippen molar-refractivity contribution in [1.29, 1.82) is 0 Å². The van der Waals surface area contributed by atoms with E-state index in [0.717, 1.165) is 12.5 Å². The molecule has 1 aliphatic rings. The number of hydrogen-bond donors (Lipinski definition) is 1. The number of nitrogens with one attached hydrogen (secondary N) is 1. The molecule has 0 saturated heterocycles. The van der Waals surface area contributed by atoms with Gasteiger partial charge in [-0.25, -0.2) is 0 Å². The first-order valence-electron chi connectivity index (χ1n) is 7.21. The Morgan fingerprint density at radius 2 is 2.11 bits per heavy atom. The molecule has 102 valence electrons. The van der Waals surface area contributed by atoms with Gasteiger partial charge in [0.05, 0.1) is 3.79 Å². The summed E-state index contributed by atoms with van der Waals surface area (Å²) in [6, 6.07) is 2.96. The molecule has 1 aromatic rings. The van der Waals surface area contributed by atoms with E-state index in [9.17, 15) is 0 Å². The summed E-state index contributed by atoms with van der Waals surface area (Å²) in [4.78, 5) is 1.53. The molecule has 1 aromatic heterocycles. The van der Waals surface area contributed by atoms with E-state index in [1.165, 1.54) is 52.8 Å². The third-order valence-corrected chi connectivity index (χ3v) is 6.14. The molecule has 18 heavy (non-hydrogen) atoms. The largest absolute Gasteiger partial charge is 0.309 e. The lowest BCUT2D eigenvalue weighted by Gasteiger charge is -2.30. The minimum absolute atomic E-state index is 0.584. The quantitative estimate of drug-likeness (QED) is 0.758. The van der Waals surface area contributed by atoms with Crippen LogP contribution in [0.25, 0.3) is 0 Å². The molecule has 1 heterocycles. The van der Waals surface area contributed by atoms with E-state index in [0.29, 0.717) is 6.04 Å². The summed E-state index contributed by atoms with van der Waals surface area (Å²) >= 11 is 5.59. The smallest absolute Gasteiger partial charge is 0.0731 e. The molecule has 1 fully saturated rings. The van der Waals surface area contributed by atoms with Gasteiger partial charge in [0, 0.05) is 10.9 Å². The molecule has 0 amide bonds. The van der Waals surface area contributed by atoms with E-state index in [2.05, 4.69) is 41.2 Å². The lowest BCUT2D eigenvalue weighted by Crippen LogP contribution is -2.29. The van der Waals surface area contributed by atoms with Crippen LogP contribution in [0.4, 0.5) is 0 Å². The van der Waals surface area contributed by atoms with Crippen LogP contribution in [0.1, 0.15) is 61.9 Å². The van der Waals surface area contributed by atoms with Gasteiger partial charge in [0.1, 0.15) is 0 Å². The van der Waals surface area contributed by atoms with Crippen molar-refractivity contribution in [2.75, 3.05) is 6.54 Å². The summed E-state index contributed by atoms with van der Waals surface area (Å²) < 4.78 is 1.30. The van der Waals surface area contributed by atoms with Crippen molar-refractivity contribution in [2.45, 2.75) is 58.4 Å². The first-order chi connectivity index (χ1) is 8.72. The molecule has 1 nitrogen and oxygen atoms in total. The first-order valence-corrected chi connectivity index (χ1v) is 8.82. The Bertz CT molecular complexity index is 349. The SMILES string of the molecule is CCCNC(c1cc(C)c(Br)s1)C1CCCCC1. The van der Waals surface area contributed by atoms with Gasteiger partial charge in [-0.15, -0.1) is 11.3 Å². The van der Waals surface area contributed by atoms with Crippen LogP contribution in [0, 0.1) is 12.8 Å². The highest BCUT2D eigenvalue weighted by Crippen LogP contribution is 2.39. The van der Waals surface area contributed by atoms with Crippen LogP contribution in [-0.4, -0.2) is 6.54 Å². The van der Waals surface area contributed by atoms with Gasteiger partial charge in [-0.1, -0.05) is 26.2 Å². The molecule has 3 heteroatoms. The van der Waals surface area contributed by atoms with Crippen molar-refractivity contribution in [3.8, 4) is 0 Å². The van der Waals surface area contributed by atoms with Gasteiger partial charge in [0.25, 0.3) is 0 Å². The second kappa shape index (κ2) is 7.06. The third kappa shape index (κ3) is 3.58. The van der Waals surface area contributed by atoms with Gasteiger partial charge in [0.2, 0.25) is 0 Å². The van der Waals surface area contributed by atoms with Crippen LogP contribution in [-0.2, 0) is 0 Å². The van der Waals surface area contributed by atoms with Gasteiger partial charge in [-0.05, 0) is 66.2 Å². The zero-order valence-corrected chi connectivity index (χ0v) is 13.9. The molecule has 0 spiro atoms. The van der Waals surface area contributed by atoms with E-state index in [1.54, 1.807) is 0 Å². The molecule has 1 N–H and O–H groups in total. The van der Waals surface area contributed by atoms with Gasteiger partial charge in [-0.3, -0.25) is 0 Å². The molecular weight excluding hydrogens is 306 g/mol. The van der Waals surface area contributed by atoms with Crippen molar-refractivity contribution in [3.05, 3.63) is 20.3 Å². The molecule has 0 radical (unpaired) electrons. The molecule has 1 saturated carbocycles. The fraction of sp³-hybridized carbons (Fsp3) is 0.733. The van der Waals surface area contributed by atoms with Crippen molar-refractivity contribution in [3.63, 3.8) is 0 Å². The van der Waals surface area contributed by atoms with Gasteiger partial charge in [0.15, 0.2) is 0 Å². The number of aryl methyl sites for hydroxylation is 1. The number of rotatable bonds is 5. The number of thiophene rings is 1. The average molecular weight is 330 g/mol. The van der Waals surface area contributed by atoms with Crippen LogP contribution in [0.15, 0.2) is 9.85 Å². The zero-order valence-electron chi connectivity index (χ0n) is 11.5. The Kier molecular flexibility index (Phi) is 5.71. The maximum Gasteiger partial charge on any atom is 0.0731 e. The van der Waals surface area contributed by atoms with Crippen molar-refractivity contribution in [1.82, 2.24) is 5.32 Å². The van der Waals surface area contributed by atoms with Crippen LogP contribution in [0.2, 0.25) is 0 Å². The van der Waals surface area contributed by atoms with Crippen LogP contribution in [0.5, 0.6) is 0 Å². The first kappa shape index (κ1) is 14.5. The highest BCUT2D eigenvalue weighted by molar-refractivity contribution is 9.11. The molecule has 2 rings (SSSR count). The zero-order chi connectivity index (χ0) is 13.0. The second-order valence-electron chi connectivity index (χ2n) is 5.44. The van der Waals surface area contributed by atoms with Crippen molar-refractivity contribution < 1.29 is 0 Å². The predicted molar refractivity (Wildman–Crippen MR) is 84.4 cm³/mol. The maximum absolute atomic E-state index is 3.79. The summed E-state index contributed by atoms with van der Waals surface area (Å²) in [6.07, 6.45) is 8.28. The molecular formula is C15H24BrNS. The Hall–Kier alpha value is 0.140. The third-order valence-electron chi connectivity index (χ3n) is 3.92. The Labute approximate surface area is 123 Å². The fourth-order valence-electron chi connectivity index (χ4n) is 2.90. The molecule has 0 bridgehead atoms. The van der Waals surface area contributed by atoms with E-state index in [1.807, 2.05) is 11.3 Å². The Morgan fingerprint density at radius 1 is 1.39 bits per heavy atom. The highest BCUT2D eigenvalue weighted by atomic mass is 79.9. The summed E-state index contributed by atoms with van der Waals surface area (Å²) in [7, 11) is 0. The fourth-order valence-corrected chi connectivity index (χ4v) is 4.64. The minimum atomic E-state index is 0.584. The summed E-state index contributed by atoms with van der Waals surface area (Å²) in [5.41, 5.74) is 1.38. The van der Waals surface area contributed by atoms with Crippen LogP contribution in [0.3, 0.4) is 0 Å². The number of hydrogen-bond acceptors (Lipinski definition) is 2. The second-order valence-corrected chi connectivity index (χ2v) is 7.84. The van der Waals surface area contributed by atoms with Crippen LogP contribution >= 0.6 is 27.3 Å². The summed E-state index contributed by atoms with van der Waals surface area (Å²) in [5.74, 6) is 0.843. The van der Waals surface area contributed by atoms with E-state index in [-0.39, 0.29) is 0 Å². The minimum Gasteiger partial charge on any atom is -0.309 e. The topological polar surface area (TPSA) is 12.0 Å². The van der Waals surface area contributed by atoms with Gasteiger partial charge < -0.3 is 5.32 Å². The lowest BCUT2D eigenvalue weighted by molar-refractivity contribution is 0.275. The highest BCUT2D eigenvalue weighted by Gasteiger charge is 2.26. The molecule has 1 aliphatic carbocycles. The van der Waals surface area contributed by atoms with Crippen LogP contribution < -0.4 is 5.32 Å². The lowest BCUT2D eigenvalue weighted by atomic mass is 9.83. The van der Waals surface area contributed by atoms with E-state index in [4.69, 9.17) is 0 Å². The predicted octanol–water partition coefficient (Wildman–Crippen LogP) is 5.44. The van der Waals surface area contributed by atoms with Gasteiger partial charge >= 0.3 is 0 Å². The molecule has 0 aromatic carbocycles. The number of halogens is 1. The standard InChI is InChI=1S/C15H24BrNS/c1-3-9-17-14(12-7-5-4-6-8-12)13-10-11(2)15(16)18-13/h10,12,14,17H,3-9H2,1-2H3. The summed E-state index contributed by atoms with van der Waals surface area (Å²) in [5, 5.41) is 3.79.